The Morgan fingerprint density at radius 1 is 1.18 bits per heavy atom. The number of carbonyl (C=O) groups is 1. The molecule has 2 N–H and O–H groups in total. The molecule has 1 amide bonds. The molecule has 9 heteroatoms. The first-order valence-corrected chi connectivity index (χ1v) is 10.4. The number of nitrogens with zero attached hydrogens (tertiary/aromatic N) is 3. The molecule has 142 valence electrons. The van der Waals surface area contributed by atoms with Crippen LogP contribution in [-0.4, -0.2) is 29.1 Å². The van der Waals surface area contributed by atoms with Crippen molar-refractivity contribution in [3.63, 3.8) is 0 Å². The predicted octanol–water partition coefficient (Wildman–Crippen LogP) is 2.26. The second kappa shape index (κ2) is 6.16. The quantitative estimate of drug-likeness (QED) is 0.705. The van der Waals surface area contributed by atoms with E-state index in [1.165, 1.54) is 17.1 Å². The molecule has 0 bridgehead atoms. The molecule has 2 heterocycles. The zero-order chi connectivity index (χ0) is 19.3. The maximum absolute atomic E-state index is 12.9. The third-order valence-electron chi connectivity index (χ3n) is 5.05. The fourth-order valence-corrected chi connectivity index (χ4v) is 4.70. The van der Waals surface area contributed by atoms with E-state index in [-0.39, 0.29) is 28.4 Å². The fourth-order valence-electron chi connectivity index (χ4n) is 3.50. The summed E-state index contributed by atoms with van der Waals surface area (Å²) in [4.78, 5) is 16.8. The SMILES string of the molecule is O=C(N[C@@H](c1ccccc1)C1CC1)c1ccc2c(c1)S(=O)(=O)Nc1ncnn1-2. The van der Waals surface area contributed by atoms with E-state index in [2.05, 4.69) is 20.1 Å². The van der Waals surface area contributed by atoms with Crippen LogP contribution in [0, 0.1) is 5.92 Å². The van der Waals surface area contributed by atoms with Gasteiger partial charge in [-0.2, -0.15) is 14.8 Å². The average molecular weight is 395 g/mol. The van der Waals surface area contributed by atoms with Gasteiger partial charge in [-0.3, -0.25) is 4.79 Å². The van der Waals surface area contributed by atoms with Crippen LogP contribution in [0.3, 0.4) is 0 Å². The van der Waals surface area contributed by atoms with Crippen molar-refractivity contribution in [1.82, 2.24) is 20.1 Å². The molecule has 8 nitrogen and oxygen atoms in total. The fraction of sp³-hybridized carbons (Fsp3) is 0.211. The van der Waals surface area contributed by atoms with Crippen LogP contribution in [0.25, 0.3) is 5.69 Å². The van der Waals surface area contributed by atoms with E-state index in [4.69, 9.17) is 0 Å². The van der Waals surface area contributed by atoms with E-state index in [0.717, 1.165) is 18.4 Å². The first-order valence-electron chi connectivity index (χ1n) is 8.96. The van der Waals surface area contributed by atoms with Crippen molar-refractivity contribution in [3.05, 3.63) is 66.0 Å². The first kappa shape index (κ1) is 16.9. The van der Waals surface area contributed by atoms with E-state index < -0.39 is 10.0 Å². The van der Waals surface area contributed by atoms with Crippen LogP contribution in [0.5, 0.6) is 0 Å². The Balaban J connectivity index is 1.48. The summed E-state index contributed by atoms with van der Waals surface area (Å²) in [6.45, 7) is 0. The summed E-state index contributed by atoms with van der Waals surface area (Å²) in [5, 5.41) is 7.11. The number of hydrogen-bond donors (Lipinski definition) is 2. The van der Waals surface area contributed by atoms with Gasteiger partial charge in [0.15, 0.2) is 0 Å². The number of anilines is 1. The third kappa shape index (κ3) is 2.84. The lowest BCUT2D eigenvalue weighted by molar-refractivity contribution is 0.0931. The summed E-state index contributed by atoms with van der Waals surface area (Å²) in [5.41, 5.74) is 1.71. The lowest BCUT2D eigenvalue weighted by Gasteiger charge is -2.21. The Morgan fingerprint density at radius 2 is 1.96 bits per heavy atom. The minimum Gasteiger partial charge on any atom is -0.345 e. The molecule has 1 aliphatic heterocycles. The molecule has 1 aliphatic carbocycles. The normalized spacial score (nSPS) is 17.7. The maximum Gasteiger partial charge on any atom is 0.266 e. The highest BCUT2D eigenvalue weighted by molar-refractivity contribution is 7.93. The van der Waals surface area contributed by atoms with Crippen LogP contribution in [0.2, 0.25) is 0 Å². The van der Waals surface area contributed by atoms with E-state index in [9.17, 15) is 13.2 Å². The summed E-state index contributed by atoms with van der Waals surface area (Å²) in [6, 6.07) is 14.3. The molecule has 1 saturated carbocycles. The zero-order valence-electron chi connectivity index (χ0n) is 14.7. The molecule has 0 saturated heterocycles. The molecular weight excluding hydrogens is 378 g/mol. The van der Waals surface area contributed by atoms with Gasteiger partial charge < -0.3 is 5.32 Å². The summed E-state index contributed by atoms with van der Waals surface area (Å²) < 4.78 is 28.9. The number of aromatic nitrogens is 3. The molecule has 5 rings (SSSR count). The topological polar surface area (TPSA) is 106 Å². The van der Waals surface area contributed by atoms with Crippen LogP contribution < -0.4 is 10.0 Å². The smallest absolute Gasteiger partial charge is 0.266 e. The van der Waals surface area contributed by atoms with Crippen LogP contribution in [0.1, 0.15) is 34.8 Å². The first-order chi connectivity index (χ1) is 13.5. The number of amides is 1. The Hall–Kier alpha value is -3.20. The average Bonchev–Trinajstić information content (AvgIpc) is 3.44. The molecule has 1 aromatic heterocycles. The molecule has 2 aliphatic rings. The maximum atomic E-state index is 12.9. The van der Waals surface area contributed by atoms with Gasteiger partial charge in [-0.15, -0.1) is 0 Å². The molecule has 28 heavy (non-hydrogen) atoms. The second-order valence-corrected chi connectivity index (χ2v) is 8.63. The van der Waals surface area contributed by atoms with Gasteiger partial charge >= 0.3 is 0 Å². The van der Waals surface area contributed by atoms with Gasteiger partial charge in [0.25, 0.3) is 15.9 Å². The lowest BCUT2D eigenvalue weighted by Crippen LogP contribution is -2.30. The van der Waals surface area contributed by atoms with Crippen molar-refractivity contribution >= 4 is 21.9 Å². The minimum atomic E-state index is -3.82. The summed E-state index contributed by atoms with van der Waals surface area (Å²) >= 11 is 0. The van der Waals surface area contributed by atoms with Gasteiger partial charge in [0.2, 0.25) is 5.95 Å². The van der Waals surface area contributed by atoms with E-state index in [1.807, 2.05) is 30.3 Å². The van der Waals surface area contributed by atoms with Crippen molar-refractivity contribution in [2.45, 2.75) is 23.8 Å². The highest BCUT2D eigenvalue weighted by atomic mass is 32.2. The van der Waals surface area contributed by atoms with Crippen molar-refractivity contribution in [1.29, 1.82) is 0 Å². The van der Waals surface area contributed by atoms with Gasteiger partial charge in [0, 0.05) is 5.56 Å². The highest BCUT2D eigenvalue weighted by Gasteiger charge is 2.34. The molecule has 1 atom stereocenters. The summed E-state index contributed by atoms with van der Waals surface area (Å²) in [5.74, 6) is 0.234. The highest BCUT2D eigenvalue weighted by Crippen LogP contribution is 2.41. The van der Waals surface area contributed by atoms with Crippen molar-refractivity contribution in [3.8, 4) is 5.69 Å². The molecule has 0 radical (unpaired) electrons. The zero-order valence-corrected chi connectivity index (χ0v) is 15.6. The van der Waals surface area contributed by atoms with Crippen molar-refractivity contribution < 1.29 is 13.2 Å². The number of hydrogen-bond acceptors (Lipinski definition) is 5. The number of carbonyl (C=O) groups excluding carboxylic acids is 1. The number of nitrogens with one attached hydrogen (secondary N) is 2. The minimum absolute atomic E-state index is 0.000771. The molecule has 3 aromatic rings. The Kier molecular flexibility index (Phi) is 3.73. The van der Waals surface area contributed by atoms with Gasteiger partial charge in [-0.05, 0) is 42.5 Å². The lowest BCUT2D eigenvalue weighted by atomic mass is 10.0. The molecule has 2 aromatic carbocycles. The Morgan fingerprint density at radius 3 is 2.71 bits per heavy atom. The number of rotatable bonds is 4. The van der Waals surface area contributed by atoms with Crippen LogP contribution in [0.15, 0.2) is 59.8 Å². The van der Waals surface area contributed by atoms with Gasteiger partial charge in [-0.25, -0.2) is 13.1 Å². The van der Waals surface area contributed by atoms with Crippen LogP contribution >= 0.6 is 0 Å². The second-order valence-electron chi connectivity index (χ2n) is 6.98. The summed E-state index contributed by atoms with van der Waals surface area (Å²) in [7, 11) is -3.82. The van der Waals surface area contributed by atoms with Crippen molar-refractivity contribution in [2.75, 3.05) is 4.72 Å². The van der Waals surface area contributed by atoms with E-state index in [1.54, 1.807) is 12.1 Å². The Bertz CT molecular complexity index is 1170. The Labute approximate surface area is 161 Å². The molecule has 1 fully saturated rings. The monoisotopic (exact) mass is 395 g/mol. The third-order valence-corrected chi connectivity index (χ3v) is 6.41. The van der Waals surface area contributed by atoms with Gasteiger partial charge in [0.1, 0.15) is 11.2 Å². The molecular formula is C19H17N5O3S. The standard InChI is InChI=1S/C19H17N5O3S/c25-18(22-17(13-6-7-13)12-4-2-1-3-5-12)14-8-9-15-16(10-14)28(26,27)23-19-20-11-21-24(15)19/h1-5,8-11,13,17H,6-7H2,(H,22,25)(H,20,21,23)/t17-/m0/s1. The summed E-state index contributed by atoms with van der Waals surface area (Å²) in [6.07, 6.45) is 3.41. The van der Waals surface area contributed by atoms with E-state index >= 15 is 0 Å². The molecule has 0 unspecified atom stereocenters. The van der Waals surface area contributed by atoms with Gasteiger partial charge in [-0.1, -0.05) is 30.3 Å². The number of benzene rings is 2. The predicted molar refractivity (Wildman–Crippen MR) is 102 cm³/mol. The van der Waals surface area contributed by atoms with Gasteiger partial charge in [0.05, 0.1) is 11.7 Å². The number of sulfonamides is 1. The molecule has 0 spiro atoms. The van der Waals surface area contributed by atoms with Crippen LogP contribution in [-0.2, 0) is 10.0 Å². The van der Waals surface area contributed by atoms with Crippen LogP contribution in [0.4, 0.5) is 5.95 Å². The van der Waals surface area contributed by atoms with Crippen molar-refractivity contribution in [2.24, 2.45) is 5.92 Å². The largest absolute Gasteiger partial charge is 0.345 e. The van der Waals surface area contributed by atoms with E-state index in [0.29, 0.717) is 11.6 Å². The number of fused-ring (bicyclic) bond motifs is 3.